The fraction of sp³-hybridized carbons (Fsp3) is 0.375. The van der Waals surface area contributed by atoms with Crippen molar-refractivity contribution in [3.63, 3.8) is 0 Å². The smallest absolute Gasteiger partial charge is 0.335 e. The molecule has 0 aromatic heterocycles. The molecule has 0 saturated heterocycles. The van der Waals surface area contributed by atoms with Crippen molar-refractivity contribution in [2.45, 2.75) is 32.1 Å². The molecule has 112 valence electrons. The van der Waals surface area contributed by atoms with Gasteiger partial charge in [-0.2, -0.15) is 5.48 Å². The van der Waals surface area contributed by atoms with Gasteiger partial charge in [-0.3, -0.25) is 4.79 Å². The van der Waals surface area contributed by atoms with Crippen LogP contribution in [0.1, 0.15) is 37.7 Å². The summed E-state index contributed by atoms with van der Waals surface area (Å²) < 4.78 is 1.05. The third-order valence-electron chi connectivity index (χ3n) is 3.51. The van der Waals surface area contributed by atoms with E-state index < -0.39 is 5.91 Å². The molecular formula is C16H18INO3. The summed E-state index contributed by atoms with van der Waals surface area (Å²) in [4.78, 5) is 28.3. The van der Waals surface area contributed by atoms with Crippen LogP contribution in [0.5, 0.6) is 0 Å². The third kappa shape index (κ3) is 5.15. The van der Waals surface area contributed by atoms with Gasteiger partial charge >= 0.3 is 5.97 Å². The molecule has 4 nitrogen and oxygen atoms in total. The second-order valence-corrected chi connectivity index (χ2v) is 6.24. The van der Waals surface area contributed by atoms with E-state index in [9.17, 15) is 9.59 Å². The molecule has 1 saturated carbocycles. The summed E-state index contributed by atoms with van der Waals surface area (Å²) in [6.07, 6.45) is 8.06. The average Bonchev–Trinajstić information content (AvgIpc) is 2.52. The zero-order valence-electron chi connectivity index (χ0n) is 11.7. The van der Waals surface area contributed by atoms with E-state index in [0.29, 0.717) is 0 Å². The number of benzene rings is 1. The van der Waals surface area contributed by atoms with Gasteiger partial charge in [-0.1, -0.05) is 37.5 Å². The highest BCUT2D eigenvalue weighted by atomic mass is 127. The molecule has 0 heterocycles. The number of nitrogens with one attached hydrogen (secondary N) is 1. The van der Waals surface area contributed by atoms with Crippen molar-refractivity contribution in [3.05, 3.63) is 39.5 Å². The highest BCUT2D eigenvalue weighted by Crippen LogP contribution is 2.24. The molecule has 1 aromatic carbocycles. The van der Waals surface area contributed by atoms with Crippen molar-refractivity contribution in [3.8, 4) is 0 Å². The van der Waals surface area contributed by atoms with Gasteiger partial charge in [0.2, 0.25) is 0 Å². The number of amides is 1. The number of rotatable bonds is 3. The minimum atomic E-state index is -0.432. The molecule has 1 amide bonds. The van der Waals surface area contributed by atoms with Crippen LogP contribution in [0.2, 0.25) is 0 Å². The van der Waals surface area contributed by atoms with Crippen LogP contribution in [-0.4, -0.2) is 11.9 Å². The molecule has 5 heteroatoms. The fourth-order valence-electron chi connectivity index (χ4n) is 2.33. The van der Waals surface area contributed by atoms with Crippen LogP contribution in [0.3, 0.4) is 0 Å². The minimum absolute atomic E-state index is 0.0712. The summed E-state index contributed by atoms with van der Waals surface area (Å²) in [5.41, 5.74) is 3.14. The van der Waals surface area contributed by atoms with E-state index in [1.165, 1.54) is 12.5 Å². The maximum absolute atomic E-state index is 11.8. The average molecular weight is 399 g/mol. The van der Waals surface area contributed by atoms with Gasteiger partial charge in [0, 0.05) is 9.65 Å². The number of hydroxylamine groups is 1. The van der Waals surface area contributed by atoms with Gasteiger partial charge in [0.25, 0.3) is 5.91 Å². The molecule has 21 heavy (non-hydrogen) atoms. The maximum atomic E-state index is 11.8. The number of halogens is 1. The van der Waals surface area contributed by atoms with Crippen LogP contribution in [0.15, 0.2) is 30.3 Å². The zero-order valence-corrected chi connectivity index (χ0v) is 13.8. The summed E-state index contributed by atoms with van der Waals surface area (Å²) in [7, 11) is 0. The lowest BCUT2D eigenvalue weighted by molar-refractivity contribution is -0.161. The van der Waals surface area contributed by atoms with Crippen LogP contribution in [0, 0.1) is 9.49 Å². The van der Waals surface area contributed by atoms with Crippen LogP contribution in [0.4, 0.5) is 0 Å². The molecule has 0 bridgehead atoms. The van der Waals surface area contributed by atoms with Crippen LogP contribution >= 0.6 is 22.6 Å². The Morgan fingerprint density at radius 2 is 1.90 bits per heavy atom. The number of carbonyl (C=O) groups is 2. The summed E-state index contributed by atoms with van der Waals surface area (Å²) in [5.74, 6) is -0.831. The first kappa shape index (κ1) is 16.0. The third-order valence-corrected chi connectivity index (χ3v) is 4.49. The summed E-state index contributed by atoms with van der Waals surface area (Å²) >= 11 is 2.20. The van der Waals surface area contributed by atoms with Crippen molar-refractivity contribution >= 4 is 40.5 Å². The monoisotopic (exact) mass is 399 g/mol. The molecule has 0 aliphatic heterocycles. The molecular weight excluding hydrogens is 381 g/mol. The van der Waals surface area contributed by atoms with Crippen LogP contribution in [0.25, 0.3) is 6.08 Å². The maximum Gasteiger partial charge on any atom is 0.335 e. The van der Waals surface area contributed by atoms with Crippen LogP contribution in [-0.2, 0) is 14.4 Å². The lowest BCUT2D eigenvalue weighted by Crippen LogP contribution is -2.30. The molecule has 0 atom stereocenters. The minimum Gasteiger partial charge on any atom is -0.340 e. The molecule has 1 aliphatic carbocycles. The molecule has 1 aromatic rings. The zero-order chi connectivity index (χ0) is 15.1. The molecule has 0 unspecified atom stereocenters. The Balaban J connectivity index is 1.79. The van der Waals surface area contributed by atoms with E-state index in [1.54, 1.807) is 6.08 Å². The Labute approximate surface area is 138 Å². The Hall–Kier alpha value is -1.37. The first-order chi connectivity index (χ1) is 10.2. The number of carbonyl (C=O) groups excluding carboxylic acids is 2. The predicted octanol–water partition coefficient (Wildman–Crippen LogP) is 3.46. The SMILES string of the molecule is O=C(C=Cc1ccccc1I)NOC(=O)C1CCCCC1. The molecule has 1 N–H and O–H groups in total. The molecule has 1 fully saturated rings. The van der Waals surface area contributed by atoms with E-state index in [-0.39, 0.29) is 11.9 Å². The van der Waals surface area contributed by atoms with Crippen molar-refractivity contribution in [2.75, 3.05) is 0 Å². The van der Waals surface area contributed by atoms with Gasteiger partial charge in [0.05, 0.1) is 5.92 Å². The normalized spacial score (nSPS) is 15.9. The van der Waals surface area contributed by atoms with Gasteiger partial charge in [0.1, 0.15) is 0 Å². The highest BCUT2D eigenvalue weighted by molar-refractivity contribution is 14.1. The molecule has 2 rings (SSSR count). The highest BCUT2D eigenvalue weighted by Gasteiger charge is 2.23. The van der Waals surface area contributed by atoms with Gasteiger partial charge < -0.3 is 4.84 Å². The van der Waals surface area contributed by atoms with Crippen LogP contribution < -0.4 is 5.48 Å². The van der Waals surface area contributed by atoms with Gasteiger partial charge in [0.15, 0.2) is 0 Å². The first-order valence-electron chi connectivity index (χ1n) is 7.10. The first-order valence-corrected chi connectivity index (χ1v) is 8.18. The van der Waals surface area contributed by atoms with Crippen molar-refractivity contribution in [1.29, 1.82) is 0 Å². The van der Waals surface area contributed by atoms with Crippen molar-refractivity contribution in [2.24, 2.45) is 5.92 Å². The van der Waals surface area contributed by atoms with E-state index in [0.717, 1.165) is 34.8 Å². The molecule has 0 radical (unpaired) electrons. The lowest BCUT2D eigenvalue weighted by Gasteiger charge is -2.19. The Morgan fingerprint density at radius 3 is 2.62 bits per heavy atom. The quantitative estimate of drug-likeness (QED) is 0.481. The van der Waals surface area contributed by atoms with Gasteiger partial charge in [-0.05, 0) is 53.1 Å². The van der Waals surface area contributed by atoms with E-state index >= 15 is 0 Å². The molecule has 1 aliphatic rings. The van der Waals surface area contributed by atoms with E-state index in [4.69, 9.17) is 4.84 Å². The summed E-state index contributed by atoms with van der Waals surface area (Å²) in [5, 5.41) is 0. The Morgan fingerprint density at radius 1 is 1.19 bits per heavy atom. The van der Waals surface area contributed by atoms with Gasteiger partial charge in [-0.25, -0.2) is 4.79 Å². The van der Waals surface area contributed by atoms with E-state index in [1.807, 2.05) is 24.3 Å². The second kappa shape index (κ2) is 8.17. The summed E-state index contributed by atoms with van der Waals surface area (Å²) in [6.45, 7) is 0. The lowest BCUT2D eigenvalue weighted by atomic mass is 9.89. The Kier molecular flexibility index (Phi) is 6.22. The number of hydrogen-bond acceptors (Lipinski definition) is 3. The largest absolute Gasteiger partial charge is 0.340 e. The standard InChI is InChI=1S/C16H18INO3/c17-14-9-5-4-6-12(14)10-11-15(19)18-21-16(20)13-7-2-1-3-8-13/h4-6,9-11,13H,1-3,7-8H2,(H,18,19). The van der Waals surface area contributed by atoms with Gasteiger partial charge in [-0.15, -0.1) is 0 Å². The van der Waals surface area contributed by atoms with Crippen molar-refractivity contribution in [1.82, 2.24) is 5.48 Å². The Bertz CT molecular complexity index is 536. The number of hydrogen-bond donors (Lipinski definition) is 1. The van der Waals surface area contributed by atoms with E-state index in [2.05, 4.69) is 28.1 Å². The fourth-order valence-corrected chi connectivity index (χ4v) is 2.90. The van der Waals surface area contributed by atoms with Crippen molar-refractivity contribution < 1.29 is 14.4 Å². The second-order valence-electron chi connectivity index (χ2n) is 5.08. The predicted molar refractivity (Wildman–Crippen MR) is 89.0 cm³/mol. The topological polar surface area (TPSA) is 55.4 Å². The summed E-state index contributed by atoms with van der Waals surface area (Å²) in [6, 6.07) is 7.72. The molecule has 0 spiro atoms.